The van der Waals surface area contributed by atoms with Gasteiger partial charge in [-0.1, -0.05) is 18.2 Å². The van der Waals surface area contributed by atoms with E-state index in [1.165, 1.54) is 0 Å². The molecule has 0 spiro atoms. The summed E-state index contributed by atoms with van der Waals surface area (Å²) in [7, 11) is 0. The van der Waals surface area contributed by atoms with Crippen LogP contribution < -0.4 is 0 Å². The maximum absolute atomic E-state index is 12.4. The number of Topliss-reactive ketones (excluding diaryl/α,β-unsaturated/α-hetero) is 1. The molecule has 0 radical (unpaired) electrons. The van der Waals surface area contributed by atoms with Crippen molar-refractivity contribution in [1.29, 1.82) is 0 Å². The Balaban J connectivity index is 1.77. The van der Waals surface area contributed by atoms with E-state index in [1.54, 1.807) is 0 Å². The summed E-state index contributed by atoms with van der Waals surface area (Å²) in [6.45, 7) is 1.73. The number of ketones is 1. The number of nitrogens with zero attached hydrogens (tertiary/aromatic N) is 2. The summed E-state index contributed by atoms with van der Waals surface area (Å²) in [5.74, 6) is 1.13. The van der Waals surface area contributed by atoms with Gasteiger partial charge in [0.15, 0.2) is 5.76 Å². The van der Waals surface area contributed by atoms with Crippen LogP contribution in [0.2, 0.25) is 0 Å². The Morgan fingerprint density at radius 2 is 2.11 bits per heavy atom. The second-order valence-corrected chi connectivity index (χ2v) is 5.15. The van der Waals surface area contributed by atoms with Gasteiger partial charge in [0.25, 0.3) is 0 Å². The van der Waals surface area contributed by atoms with Gasteiger partial charge < -0.3 is 4.42 Å². The van der Waals surface area contributed by atoms with Crippen LogP contribution in [-0.2, 0) is 6.54 Å². The molecule has 0 aliphatic carbocycles. The number of rotatable bonds is 1. The van der Waals surface area contributed by atoms with Crippen LogP contribution in [0.1, 0.15) is 29.1 Å². The number of benzene rings is 1. The van der Waals surface area contributed by atoms with E-state index in [0.717, 1.165) is 37.2 Å². The normalized spacial score (nSPS) is 22.3. The Kier molecular flexibility index (Phi) is 2.32. The fourth-order valence-corrected chi connectivity index (χ4v) is 3.01. The highest BCUT2D eigenvalue weighted by Crippen LogP contribution is 2.32. The molecule has 1 fully saturated rings. The molecule has 1 atom stereocenters. The second-order valence-electron chi connectivity index (χ2n) is 5.15. The van der Waals surface area contributed by atoms with Gasteiger partial charge in [0.1, 0.15) is 5.69 Å². The lowest BCUT2D eigenvalue weighted by Gasteiger charge is -2.25. The molecule has 3 heterocycles. The number of hydrogen-bond acceptors (Lipinski definition) is 4. The van der Waals surface area contributed by atoms with Crippen LogP contribution in [0.5, 0.6) is 0 Å². The van der Waals surface area contributed by atoms with E-state index in [9.17, 15) is 4.79 Å². The predicted molar refractivity (Wildman–Crippen MR) is 69.7 cm³/mol. The van der Waals surface area contributed by atoms with Crippen molar-refractivity contribution >= 4 is 5.78 Å². The Labute approximate surface area is 111 Å². The first-order valence-corrected chi connectivity index (χ1v) is 6.66. The molecule has 2 aromatic rings. The molecule has 19 heavy (non-hydrogen) atoms. The Morgan fingerprint density at radius 1 is 1.26 bits per heavy atom. The molecule has 1 aromatic carbocycles. The van der Waals surface area contributed by atoms with E-state index in [-0.39, 0.29) is 11.8 Å². The maximum atomic E-state index is 12.4. The van der Waals surface area contributed by atoms with Gasteiger partial charge in [-0.3, -0.25) is 9.69 Å². The van der Waals surface area contributed by atoms with E-state index in [4.69, 9.17) is 4.42 Å². The number of aromatic nitrogens is 1. The molecule has 4 rings (SSSR count). The fourth-order valence-electron chi connectivity index (χ4n) is 3.01. The summed E-state index contributed by atoms with van der Waals surface area (Å²) < 4.78 is 5.73. The molecule has 0 unspecified atom stereocenters. The second kappa shape index (κ2) is 4.03. The third kappa shape index (κ3) is 1.64. The Bertz CT molecular complexity index is 633. The van der Waals surface area contributed by atoms with E-state index in [0.29, 0.717) is 11.7 Å². The smallest absolute Gasteiger partial charge is 0.227 e. The molecule has 0 saturated carbocycles. The van der Waals surface area contributed by atoms with E-state index in [2.05, 4.69) is 9.88 Å². The molecule has 0 amide bonds. The largest absolute Gasteiger partial charge is 0.433 e. The average Bonchev–Trinajstić information content (AvgIpc) is 3.06. The van der Waals surface area contributed by atoms with Crippen molar-refractivity contribution in [2.45, 2.75) is 25.4 Å². The summed E-state index contributed by atoms with van der Waals surface area (Å²) in [5.41, 5.74) is 1.71. The van der Waals surface area contributed by atoms with Crippen LogP contribution in [0, 0.1) is 0 Å². The van der Waals surface area contributed by atoms with E-state index < -0.39 is 0 Å². The van der Waals surface area contributed by atoms with Gasteiger partial charge in [-0.15, -0.1) is 0 Å². The van der Waals surface area contributed by atoms with Crippen molar-refractivity contribution < 1.29 is 9.21 Å². The van der Waals surface area contributed by atoms with Crippen LogP contribution in [-0.4, -0.2) is 28.3 Å². The van der Waals surface area contributed by atoms with Gasteiger partial charge in [0.05, 0.1) is 6.04 Å². The lowest BCUT2D eigenvalue weighted by Crippen LogP contribution is -2.40. The van der Waals surface area contributed by atoms with Gasteiger partial charge in [-0.05, 0) is 31.5 Å². The summed E-state index contributed by atoms with van der Waals surface area (Å²) in [6, 6.07) is 9.75. The van der Waals surface area contributed by atoms with Gasteiger partial charge in [-0.25, -0.2) is 4.98 Å². The maximum Gasteiger partial charge on any atom is 0.227 e. The zero-order chi connectivity index (χ0) is 12.8. The SMILES string of the molecule is O=C1c2oc(-c3ccccc3)nc2CN2CCC[C@@H]12. The van der Waals surface area contributed by atoms with Crippen LogP contribution in [0.25, 0.3) is 11.5 Å². The van der Waals surface area contributed by atoms with Gasteiger partial charge in [0, 0.05) is 12.1 Å². The van der Waals surface area contributed by atoms with E-state index >= 15 is 0 Å². The van der Waals surface area contributed by atoms with Crippen LogP contribution in [0.3, 0.4) is 0 Å². The number of fused-ring (bicyclic) bond motifs is 2. The highest BCUT2D eigenvalue weighted by molar-refractivity contribution is 6.00. The molecule has 0 bridgehead atoms. The van der Waals surface area contributed by atoms with Gasteiger partial charge in [-0.2, -0.15) is 0 Å². The summed E-state index contributed by atoms with van der Waals surface area (Å²) in [4.78, 5) is 19.1. The zero-order valence-electron chi connectivity index (χ0n) is 10.5. The first kappa shape index (κ1) is 10.9. The molecule has 2 aliphatic rings. The molecule has 4 heteroatoms. The molecule has 1 aromatic heterocycles. The Hall–Kier alpha value is -1.94. The third-order valence-electron chi connectivity index (χ3n) is 3.96. The zero-order valence-corrected chi connectivity index (χ0v) is 10.5. The van der Waals surface area contributed by atoms with Gasteiger partial charge >= 0.3 is 0 Å². The molecular formula is C15H14N2O2. The number of carbonyl (C=O) groups excluding carboxylic acids is 1. The van der Waals surface area contributed by atoms with Crippen molar-refractivity contribution in [1.82, 2.24) is 9.88 Å². The van der Waals surface area contributed by atoms with Crippen molar-refractivity contribution in [3.63, 3.8) is 0 Å². The predicted octanol–water partition coefficient (Wildman–Crippen LogP) is 2.50. The fraction of sp³-hybridized carbons (Fsp3) is 0.333. The molecule has 4 nitrogen and oxygen atoms in total. The van der Waals surface area contributed by atoms with Gasteiger partial charge in [0.2, 0.25) is 11.7 Å². The summed E-state index contributed by atoms with van der Waals surface area (Å²) in [5, 5.41) is 0. The minimum atomic E-state index is 0.0177. The lowest BCUT2D eigenvalue weighted by molar-refractivity contribution is 0.0798. The third-order valence-corrected chi connectivity index (χ3v) is 3.96. The standard InChI is InChI=1S/C15H14N2O2/c18-13-12-7-4-8-17(12)9-11-14(13)19-15(16-11)10-5-2-1-3-6-10/h1-3,5-6,12H,4,7-9H2/t12-/m0/s1. The first-order valence-electron chi connectivity index (χ1n) is 6.66. The molecule has 2 aliphatic heterocycles. The minimum absolute atomic E-state index is 0.0177. The quantitative estimate of drug-likeness (QED) is 0.784. The molecule has 0 N–H and O–H groups in total. The Morgan fingerprint density at radius 3 is 2.95 bits per heavy atom. The van der Waals surface area contributed by atoms with Crippen molar-refractivity contribution in [2.75, 3.05) is 6.54 Å². The van der Waals surface area contributed by atoms with Crippen LogP contribution in [0.4, 0.5) is 0 Å². The summed E-state index contributed by atoms with van der Waals surface area (Å²) >= 11 is 0. The summed E-state index contributed by atoms with van der Waals surface area (Å²) in [6.07, 6.45) is 2.03. The van der Waals surface area contributed by atoms with Crippen LogP contribution in [0.15, 0.2) is 34.7 Å². The highest BCUT2D eigenvalue weighted by atomic mass is 16.4. The topological polar surface area (TPSA) is 46.3 Å². The lowest BCUT2D eigenvalue weighted by atomic mass is 10.0. The molecular weight excluding hydrogens is 240 g/mol. The monoisotopic (exact) mass is 254 g/mol. The van der Waals surface area contributed by atoms with Crippen LogP contribution >= 0.6 is 0 Å². The molecule has 96 valence electrons. The average molecular weight is 254 g/mol. The highest BCUT2D eigenvalue weighted by Gasteiger charge is 2.40. The molecule has 1 saturated heterocycles. The van der Waals surface area contributed by atoms with Crippen molar-refractivity contribution in [3.05, 3.63) is 41.8 Å². The number of hydrogen-bond donors (Lipinski definition) is 0. The first-order chi connectivity index (χ1) is 9.33. The van der Waals surface area contributed by atoms with E-state index in [1.807, 2.05) is 30.3 Å². The van der Waals surface area contributed by atoms with Crippen molar-refractivity contribution in [3.8, 4) is 11.5 Å². The minimum Gasteiger partial charge on any atom is -0.433 e. The number of carbonyl (C=O) groups is 1. The number of oxazole rings is 1. The van der Waals surface area contributed by atoms with Crippen molar-refractivity contribution in [2.24, 2.45) is 0 Å².